The molecule has 1 aromatic rings. The van der Waals surface area contributed by atoms with Crippen LogP contribution in [0.3, 0.4) is 0 Å². The molecule has 0 saturated heterocycles. The van der Waals surface area contributed by atoms with Crippen molar-refractivity contribution in [2.45, 2.75) is 53.7 Å². The van der Waals surface area contributed by atoms with E-state index in [0.717, 1.165) is 11.1 Å². The fourth-order valence-corrected chi connectivity index (χ4v) is 2.31. The first-order valence-electron chi connectivity index (χ1n) is 7.08. The Morgan fingerprint density at radius 3 is 2.32 bits per heavy atom. The molecular formula is C17H29NO. The minimum atomic E-state index is -0.422. The summed E-state index contributed by atoms with van der Waals surface area (Å²) in [5.74, 6) is 0. The molecule has 108 valence electrons. The van der Waals surface area contributed by atoms with Gasteiger partial charge in [0.05, 0.1) is 6.10 Å². The lowest BCUT2D eigenvalue weighted by Crippen LogP contribution is -2.41. The Labute approximate surface area is 118 Å². The molecule has 1 rings (SSSR count). The molecule has 0 fully saturated rings. The van der Waals surface area contributed by atoms with Gasteiger partial charge >= 0.3 is 0 Å². The van der Waals surface area contributed by atoms with E-state index in [9.17, 15) is 5.11 Å². The summed E-state index contributed by atoms with van der Waals surface area (Å²) in [6.45, 7) is 13.7. The van der Waals surface area contributed by atoms with Crippen LogP contribution < -0.4 is 0 Å². The van der Waals surface area contributed by atoms with Crippen molar-refractivity contribution in [3.05, 3.63) is 34.9 Å². The summed E-state index contributed by atoms with van der Waals surface area (Å²) in [5, 5.41) is 10.5. The van der Waals surface area contributed by atoms with E-state index in [1.54, 1.807) is 0 Å². The molecule has 0 heterocycles. The van der Waals surface area contributed by atoms with E-state index in [2.05, 4.69) is 71.7 Å². The second kappa shape index (κ2) is 6.06. The molecule has 0 bridgehead atoms. The summed E-state index contributed by atoms with van der Waals surface area (Å²) in [5.41, 5.74) is 3.63. The summed E-state index contributed by atoms with van der Waals surface area (Å²) in [7, 11) is 2.09. The van der Waals surface area contributed by atoms with Crippen molar-refractivity contribution in [1.82, 2.24) is 4.90 Å². The number of benzene rings is 1. The van der Waals surface area contributed by atoms with Crippen molar-refractivity contribution in [3.63, 3.8) is 0 Å². The van der Waals surface area contributed by atoms with Crippen LogP contribution in [0.2, 0.25) is 0 Å². The molecule has 0 aromatic heterocycles. The summed E-state index contributed by atoms with van der Waals surface area (Å²) >= 11 is 0. The SMILES string of the molecule is Cc1ccc(C)c(C(O)CN(C)C(C)C(C)(C)C)c1. The zero-order valence-electron chi connectivity index (χ0n) is 13.5. The fraction of sp³-hybridized carbons (Fsp3) is 0.647. The Bertz CT molecular complexity index is 420. The van der Waals surface area contributed by atoms with Crippen LogP contribution in [-0.2, 0) is 0 Å². The number of aliphatic hydroxyl groups is 1. The number of nitrogens with zero attached hydrogens (tertiary/aromatic N) is 1. The molecule has 1 N–H and O–H groups in total. The molecule has 0 spiro atoms. The summed E-state index contributed by atoms with van der Waals surface area (Å²) in [6.07, 6.45) is -0.422. The first-order valence-corrected chi connectivity index (χ1v) is 7.08. The van der Waals surface area contributed by atoms with Gasteiger partial charge in [0.15, 0.2) is 0 Å². The third kappa shape index (κ3) is 4.32. The third-order valence-corrected chi connectivity index (χ3v) is 4.17. The predicted molar refractivity (Wildman–Crippen MR) is 82.4 cm³/mol. The Kier molecular flexibility index (Phi) is 5.17. The van der Waals surface area contributed by atoms with Crippen LogP contribution in [0.1, 0.15) is 50.5 Å². The number of hydrogen-bond acceptors (Lipinski definition) is 2. The highest BCUT2D eigenvalue weighted by molar-refractivity contribution is 5.32. The number of aryl methyl sites for hydroxylation is 2. The molecule has 0 radical (unpaired) electrons. The normalized spacial score (nSPS) is 15.6. The van der Waals surface area contributed by atoms with Gasteiger partial charge in [0.2, 0.25) is 0 Å². The maximum absolute atomic E-state index is 10.5. The highest BCUT2D eigenvalue weighted by Crippen LogP contribution is 2.26. The number of aliphatic hydroxyl groups excluding tert-OH is 1. The fourth-order valence-electron chi connectivity index (χ4n) is 2.31. The lowest BCUT2D eigenvalue weighted by molar-refractivity contribution is 0.0712. The van der Waals surface area contributed by atoms with Crippen molar-refractivity contribution in [2.75, 3.05) is 13.6 Å². The van der Waals surface area contributed by atoms with Crippen molar-refractivity contribution in [1.29, 1.82) is 0 Å². The largest absolute Gasteiger partial charge is 0.387 e. The van der Waals surface area contributed by atoms with E-state index < -0.39 is 6.10 Å². The molecule has 2 atom stereocenters. The van der Waals surface area contributed by atoms with Crippen molar-refractivity contribution in [3.8, 4) is 0 Å². The van der Waals surface area contributed by atoms with Gasteiger partial charge in [-0.05, 0) is 44.4 Å². The Hall–Kier alpha value is -0.860. The van der Waals surface area contributed by atoms with Gasteiger partial charge < -0.3 is 10.0 Å². The first kappa shape index (κ1) is 16.2. The van der Waals surface area contributed by atoms with Crippen LogP contribution >= 0.6 is 0 Å². The van der Waals surface area contributed by atoms with Gasteiger partial charge in [-0.3, -0.25) is 0 Å². The van der Waals surface area contributed by atoms with Crippen LogP contribution in [0.25, 0.3) is 0 Å². The van der Waals surface area contributed by atoms with Gasteiger partial charge in [-0.2, -0.15) is 0 Å². The molecule has 2 unspecified atom stereocenters. The topological polar surface area (TPSA) is 23.5 Å². The van der Waals surface area contributed by atoms with Gasteiger partial charge in [0, 0.05) is 12.6 Å². The van der Waals surface area contributed by atoms with E-state index in [0.29, 0.717) is 12.6 Å². The average molecular weight is 263 g/mol. The second-order valence-electron chi connectivity index (χ2n) is 6.86. The minimum absolute atomic E-state index is 0.218. The van der Waals surface area contributed by atoms with Gasteiger partial charge in [0.1, 0.15) is 0 Å². The monoisotopic (exact) mass is 263 g/mol. The van der Waals surface area contributed by atoms with Crippen molar-refractivity contribution < 1.29 is 5.11 Å². The van der Waals surface area contributed by atoms with Gasteiger partial charge in [0.25, 0.3) is 0 Å². The number of hydrogen-bond donors (Lipinski definition) is 1. The molecule has 0 aliphatic carbocycles. The lowest BCUT2D eigenvalue weighted by atomic mass is 9.87. The molecule has 0 aliphatic heterocycles. The van der Waals surface area contributed by atoms with E-state index in [1.165, 1.54) is 5.56 Å². The third-order valence-electron chi connectivity index (χ3n) is 4.17. The van der Waals surface area contributed by atoms with Crippen LogP contribution in [-0.4, -0.2) is 29.6 Å². The van der Waals surface area contributed by atoms with E-state index in [1.807, 2.05) is 0 Å². The second-order valence-corrected chi connectivity index (χ2v) is 6.86. The maximum atomic E-state index is 10.5. The molecule has 1 aromatic carbocycles. The lowest BCUT2D eigenvalue weighted by Gasteiger charge is -2.36. The highest BCUT2D eigenvalue weighted by Gasteiger charge is 2.25. The quantitative estimate of drug-likeness (QED) is 0.895. The average Bonchev–Trinajstić information content (AvgIpc) is 2.29. The van der Waals surface area contributed by atoms with E-state index >= 15 is 0 Å². The predicted octanol–water partition coefficient (Wildman–Crippen LogP) is 3.70. The molecule has 2 heteroatoms. The molecule has 0 amide bonds. The Morgan fingerprint density at radius 1 is 1.21 bits per heavy atom. The van der Waals surface area contributed by atoms with Crippen LogP contribution in [0, 0.1) is 19.3 Å². The number of likely N-dealkylation sites (N-methyl/N-ethyl adjacent to an activating group) is 1. The molecule has 0 saturated carbocycles. The zero-order valence-corrected chi connectivity index (χ0v) is 13.5. The molecule has 19 heavy (non-hydrogen) atoms. The Morgan fingerprint density at radius 2 is 1.79 bits per heavy atom. The van der Waals surface area contributed by atoms with Crippen LogP contribution in [0.5, 0.6) is 0 Å². The van der Waals surface area contributed by atoms with Crippen LogP contribution in [0.15, 0.2) is 18.2 Å². The summed E-state index contributed by atoms with van der Waals surface area (Å²) in [4.78, 5) is 2.24. The molecule has 2 nitrogen and oxygen atoms in total. The molecule has 0 aliphatic rings. The zero-order chi connectivity index (χ0) is 14.8. The Balaban J connectivity index is 2.79. The highest BCUT2D eigenvalue weighted by atomic mass is 16.3. The van der Waals surface area contributed by atoms with E-state index in [4.69, 9.17) is 0 Å². The summed E-state index contributed by atoms with van der Waals surface area (Å²) in [6, 6.07) is 6.69. The first-order chi connectivity index (χ1) is 8.62. The van der Waals surface area contributed by atoms with Crippen molar-refractivity contribution in [2.24, 2.45) is 5.41 Å². The van der Waals surface area contributed by atoms with E-state index in [-0.39, 0.29) is 5.41 Å². The standard InChI is InChI=1S/C17H29NO/c1-12-8-9-13(2)15(10-12)16(19)11-18(7)14(3)17(4,5)6/h8-10,14,16,19H,11H2,1-7H3. The summed E-state index contributed by atoms with van der Waals surface area (Å²) < 4.78 is 0. The number of rotatable bonds is 4. The minimum Gasteiger partial charge on any atom is -0.387 e. The van der Waals surface area contributed by atoms with Gasteiger partial charge in [-0.15, -0.1) is 0 Å². The maximum Gasteiger partial charge on any atom is 0.0919 e. The van der Waals surface area contributed by atoms with Gasteiger partial charge in [-0.25, -0.2) is 0 Å². The molecular weight excluding hydrogens is 234 g/mol. The van der Waals surface area contributed by atoms with Crippen molar-refractivity contribution >= 4 is 0 Å². The van der Waals surface area contributed by atoms with Gasteiger partial charge in [-0.1, -0.05) is 44.5 Å². The van der Waals surface area contributed by atoms with Crippen LogP contribution in [0.4, 0.5) is 0 Å². The smallest absolute Gasteiger partial charge is 0.0919 e.